The van der Waals surface area contributed by atoms with Gasteiger partial charge in [0.2, 0.25) is 0 Å². The Balaban J connectivity index is 0.000000197. The second kappa shape index (κ2) is 18.4. The maximum absolute atomic E-state index is 14.2. The van der Waals surface area contributed by atoms with E-state index in [9.17, 15) is 26.7 Å². The van der Waals surface area contributed by atoms with Crippen LogP contribution >= 0.6 is 0 Å². The fourth-order valence-corrected chi connectivity index (χ4v) is 4.08. The SMILES string of the molecule is COCC(=O)c1c(F)c[c-]c(-c2ccccn2)c1F.Cc1c[c-]c(-c2ccccn2)c(F)c1.Fc1c[c-]c(-c2ccccn2)c(F)c1.[Ir+3]. The van der Waals surface area contributed by atoms with E-state index >= 15 is 0 Å². The third kappa shape index (κ3) is 10.0. The number of ether oxygens (including phenoxy) is 1. The summed E-state index contributed by atoms with van der Waals surface area (Å²) in [7, 11) is 1.28. The minimum atomic E-state index is -0.972. The van der Waals surface area contributed by atoms with Crippen molar-refractivity contribution < 1.29 is 51.6 Å². The molecular weight excluding hydrogens is 806 g/mol. The number of pyridine rings is 3. The third-order valence-corrected chi connectivity index (χ3v) is 6.23. The Morgan fingerprint density at radius 2 is 1.15 bits per heavy atom. The largest absolute Gasteiger partial charge is 3.00 e. The number of ketones is 1. The normalized spacial score (nSPS) is 10.1. The van der Waals surface area contributed by atoms with Gasteiger partial charge in [0.25, 0.3) is 0 Å². The van der Waals surface area contributed by atoms with Crippen LogP contribution in [0.1, 0.15) is 15.9 Å². The number of halogens is 5. The van der Waals surface area contributed by atoms with Crippen LogP contribution < -0.4 is 0 Å². The molecule has 3 aromatic carbocycles. The van der Waals surface area contributed by atoms with Crippen LogP contribution in [-0.2, 0) is 24.8 Å². The van der Waals surface area contributed by atoms with Crippen LogP contribution in [0.3, 0.4) is 0 Å². The zero-order chi connectivity index (χ0) is 33.8. The average Bonchev–Trinajstić information content (AvgIpc) is 3.07. The van der Waals surface area contributed by atoms with Crippen molar-refractivity contribution in [3.63, 3.8) is 0 Å². The molecule has 11 heteroatoms. The van der Waals surface area contributed by atoms with Gasteiger partial charge in [-0.25, -0.2) is 0 Å². The summed E-state index contributed by atoms with van der Waals surface area (Å²) in [6.07, 6.45) is 4.66. The summed E-state index contributed by atoms with van der Waals surface area (Å²) in [6, 6.07) is 29.3. The van der Waals surface area contributed by atoms with Gasteiger partial charge in [0.05, 0.1) is 11.6 Å². The fraction of sp³-hybridized carbons (Fsp3) is 0.0811. The predicted octanol–water partition coefficient (Wildman–Crippen LogP) is 8.48. The van der Waals surface area contributed by atoms with Crippen molar-refractivity contribution in [3.05, 3.63) is 162 Å². The Labute approximate surface area is 287 Å². The van der Waals surface area contributed by atoms with Crippen LogP contribution in [0, 0.1) is 54.2 Å². The predicted molar refractivity (Wildman–Crippen MR) is 166 cm³/mol. The van der Waals surface area contributed by atoms with Gasteiger partial charge in [-0.15, -0.1) is 48.0 Å². The molecule has 0 aliphatic heterocycles. The summed E-state index contributed by atoms with van der Waals surface area (Å²) < 4.78 is 71.6. The van der Waals surface area contributed by atoms with E-state index in [-0.39, 0.29) is 49.4 Å². The Kier molecular flexibility index (Phi) is 14.4. The quantitative estimate of drug-likeness (QED) is 0.0959. The molecule has 6 aromatic rings. The Morgan fingerprint density at radius 1 is 0.667 bits per heavy atom. The number of hydrogen-bond acceptors (Lipinski definition) is 5. The van der Waals surface area contributed by atoms with Crippen molar-refractivity contribution in [2.45, 2.75) is 6.92 Å². The van der Waals surface area contributed by atoms with E-state index in [2.05, 4.69) is 37.9 Å². The Morgan fingerprint density at radius 3 is 1.60 bits per heavy atom. The zero-order valence-electron chi connectivity index (χ0n) is 25.4. The number of benzene rings is 3. The number of carbonyl (C=O) groups excluding carboxylic acids is 1. The molecule has 0 amide bonds. The van der Waals surface area contributed by atoms with E-state index in [1.54, 1.807) is 67.0 Å². The summed E-state index contributed by atoms with van der Waals surface area (Å²) in [5, 5.41) is 0. The molecule has 0 N–H and O–H groups in total. The van der Waals surface area contributed by atoms with Gasteiger partial charge in [-0.2, -0.15) is 0 Å². The molecule has 3 heterocycles. The van der Waals surface area contributed by atoms with Crippen LogP contribution in [0.4, 0.5) is 22.0 Å². The van der Waals surface area contributed by atoms with Crippen molar-refractivity contribution in [2.24, 2.45) is 0 Å². The van der Waals surface area contributed by atoms with E-state index in [1.165, 1.54) is 19.4 Å². The molecule has 48 heavy (non-hydrogen) atoms. The summed E-state index contributed by atoms with van der Waals surface area (Å²) in [5.74, 6) is -4.25. The van der Waals surface area contributed by atoms with Gasteiger partial charge in [-0.05, 0) is 35.3 Å². The molecule has 0 atom stereocenters. The third-order valence-electron chi connectivity index (χ3n) is 6.23. The molecule has 244 valence electrons. The second-order valence-electron chi connectivity index (χ2n) is 9.64. The van der Waals surface area contributed by atoms with Crippen LogP contribution in [-0.4, -0.2) is 34.5 Å². The number of Topliss-reactive ketones (excluding diaryl/α,β-unsaturated/α-hetero) is 1. The summed E-state index contributed by atoms with van der Waals surface area (Å²) >= 11 is 0. The van der Waals surface area contributed by atoms with Gasteiger partial charge >= 0.3 is 20.1 Å². The van der Waals surface area contributed by atoms with Gasteiger partial charge < -0.3 is 19.7 Å². The second-order valence-corrected chi connectivity index (χ2v) is 9.64. The molecule has 0 aliphatic carbocycles. The van der Waals surface area contributed by atoms with Crippen molar-refractivity contribution in [1.82, 2.24) is 15.0 Å². The zero-order valence-corrected chi connectivity index (χ0v) is 27.8. The topological polar surface area (TPSA) is 65.0 Å². The molecule has 3 aromatic heterocycles. The minimum absolute atomic E-state index is 0. The summed E-state index contributed by atoms with van der Waals surface area (Å²) in [4.78, 5) is 23.6. The monoisotopic (exact) mass is 831 g/mol. The molecule has 0 spiro atoms. The van der Waals surface area contributed by atoms with Gasteiger partial charge in [0, 0.05) is 48.7 Å². The standard InChI is InChI=1S/C14H10F2NO2.C12H9FN.C11H6F2N.Ir/c1-19-8-12(18)13-10(15)6-5-9(14(13)16)11-4-2-3-7-17-11;1-9-5-6-10(11(13)8-9)12-4-2-3-7-14-12;12-8-4-5-9(10(13)7-8)11-3-1-2-6-14-11;/h2-4,6-7H,8H2,1H3;2-5,7-8H,1H3;1-4,6-7H;/q3*-1;+3. The van der Waals surface area contributed by atoms with E-state index in [0.29, 0.717) is 17.0 Å². The van der Waals surface area contributed by atoms with Gasteiger partial charge in [0.15, 0.2) is 5.78 Å². The van der Waals surface area contributed by atoms with Crippen molar-refractivity contribution >= 4 is 5.78 Å². The number of nitrogens with zero attached hydrogens (tertiary/aromatic N) is 3. The van der Waals surface area contributed by atoms with E-state index in [1.807, 2.05) is 13.0 Å². The first-order valence-electron chi connectivity index (χ1n) is 13.9. The first kappa shape index (κ1) is 37.5. The Bertz CT molecular complexity index is 1850. The molecule has 0 aliphatic rings. The van der Waals surface area contributed by atoms with E-state index < -0.39 is 34.6 Å². The van der Waals surface area contributed by atoms with Crippen LogP contribution in [0.2, 0.25) is 0 Å². The molecule has 6 rings (SSSR count). The van der Waals surface area contributed by atoms with Crippen molar-refractivity contribution in [3.8, 4) is 33.8 Å². The van der Waals surface area contributed by atoms with Crippen LogP contribution in [0.15, 0.2) is 104 Å². The van der Waals surface area contributed by atoms with E-state index in [4.69, 9.17) is 0 Å². The van der Waals surface area contributed by atoms with Crippen LogP contribution in [0.5, 0.6) is 0 Å². The summed E-state index contributed by atoms with van der Waals surface area (Å²) in [6.45, 7) is 1.45. The van der Waals surface area contributed by atoms with E-state index in [0.717, 1.165) is 23.8 Å². The maximum Gasteiger partial charge on any atom is 3.00 e. The van der Waals surface area contributed by atoms with Gasteiger partial charge in [-0.3, -0.25) is 26.7 Å². The van der Waals surface area contributed by atoms with Crippen molar-refractivity contribution in [1.29, 1.82) is 0 Å². The number of carbonyl (C=O) groups is 1. The van der Waals surface area contributed by atoms with Gasteiger partial charge in [-0.1, -0.05) is 66.1 Å². The summed E-state index contributed by atoms with van der Waals surface area (Å²) in [5.41, 5.74) is 2.16. The number of methoxy groups -OCH3 is 1. The van der Waals surface area contributed by atoms with Crippen LogP contribution in [0.25, 0.3) is 33.8 Å². The number of rotatable bonds is 6. The smallest absolute Gasteiger partial charge is 0.377 e. The first-order chi connectivity index (χ1) is 22.7. The number of aryl methyl sites for hydroxylation is 1. The molecule has 0 saturated carbocycles. The molecule has 0 radical (unpaired) electrons. The minimum Gasteiger partial charge on any atom is -0.377 e. The Hall–Kier alpha value is -4.96. The maximum atomic E-state index is 14.2. The molecule has 0 saturated heterocycles. The number of aromatic nitrogens is 3. The van der Waals surface area contributed by atoms with Crippen molar-refractivity contribution in [2.75, 3.05) is 13.7 Å². The molecule has 0 bridgehead atoms. The number of hydrogen-bond donors (Lipinski definition) is 0. The average molecular weight is 831 g/mol. The molecule has 0 fully saturated rings. The molecule has 5 nitrogen and oxygen atoms in total. The molecule has 0 unspecified atom stereocenters. The van der Waals surface area contributed by atoms with Gasteiger partial charge in [0.1, 0.15) is 6.61 Å². The molecular formula is C37H25F5IrN3O2. The fourth-order valence-electron chi connectivity index (χ4n) is 4.08. The first-order valence-corrected chi connectivity index (χ1v) is 13.9.